The average Bonchev–Trinajstić information content (AvgIpc) is 3.49. The number of hydrogen-bond acceptors (Lipinski definition) is 10. The number of esters is 1. The molecule has 266 valence electrons. The summed E-state index contributed by atoms with van der Waals surface area (Å²) in [5.74, 6) is -0.632. The predicted molar refractivity (Wildman–Crippen MR) is 168 cm³/mol. The molecule has 0 aromatic rings. The Hall–Kier alpha value is -0.850. The molecule has 2 bridgehead atoms. The van der Waals surface area contributed by atoms with Gasteiger partial charge in [-0.1, -0.05) is 27.7 Å². The lowest BCUT2D eigenvalue weighted by Gasteiger charge is -2.64. The van der Waals surface area contributed by atoms with Gasteiger partial charge in [0.2, 0.25) is 0 Å². The van der Waals surface area contributed by atoms with Crippen LogP contribution in [-0.2, 0) is 28.5 Å². The molecule has 3 heterocycles. The van der Waals surface area contributed by atoms with Crippen LogP contribution in [0, 0.1) is 44.8 Å². The lowest BCUT2D eigenvalue weighted by molar-refractivity contribution is -0.388. The average molecular weight is 663 g/mol. The summed E-state index contributed by atoms with van der Waals surface area (Å²) in [6.45, 7) is 16.6. The highest BCUT2D eigenvalue weighted by Crippen LogP contribution is 2.90. The molecule has 0 aromatic heterocycles. The molecule has 5 aliphatic carbocycles. The molecular formula is C37H58O10. The number of carbonyl (C=O) groups is 1. The van der Waals surface area contributed by atoms with Crippen molar-refractivity contribution in [3.8, 4) is 0 Å². The zero-order valence-corrected chi connectivity index (χ0v) is 29.6. The molecule has 0 unspecified atom stereocenters. The summed E-state index contributed by atoms with van der Waals surface area (Å²) in [6.07, 6.45) is 2.97. The molecule has 10 nitrogen and oxygen atoms in total. The van der Waals surface area contributed by atoms with Gasteiger partial charge < -0.3 is 44.1 Å². The maximum absolute atomic E-state index is 12.9. The van der Waals surface area contributed by atoms with Crippen molar-refractivity contribution in [3.63, 3.8) is 0 Å². The molecule has 16 atom stereocenters. The van der Waals surface area contributed by atoms with E-state index in [-0.39, 0.29) is 57.8 Å². The van der Waals surface area contributed by atoms with Crippen molar-refractivity contribution in [2.45, 2.75) is 173 Å². The number of aliphatic hydroxyl groups is 4. The zero-order valence-electron chi connectivity index (χ0n) is 29.6. The zero-order chi connectivity index (χ0) is 34.0. The summed E-state index contributed by atoms with van der Waals surface area (Å²) in [6, 6.07) is 0. The summed E-state index contributed by atoms with van der Waals surface area (Å²) < 4.78 is 32.5. The summed E-state index contributed by atoms with van der Waals surface area (Å²) in [7, 11) is 0. The Morgan fingerprint density at radius 1 is 0.872 bits per heavy atom. The van der Waals surface area contributed by atoms with E-state index in [1.165, 1.54) is 6.92 Å². The van der Waals surface area contributed by atoms with Crippen molar-refractivity contribution >= 4 is 5.97 Å². The van der Waals surface area contributed by atoms with Crippen LogP contribution in [-0.4, -0.2) is 92.9 Å². The van der Waals surface area contributed by atoms with Crippen LogP contribution >= 0.6 is 0 Å². The van der Waals surface area contributed by atoms with E-state index < -0.39 is 47.7 Å². The molecule has 2 spiro atoms. The quantitative estimate of drug-likeness (QED) is 0.259. The maximum Gasteiger partial charge on any atom is 0.303 e. The molecular weight excluding hydrogens is 604 g/mol. The van der Waals surface area contributed by atoms with Crippen LogP contribution in [0.1, 0.15) is 113 Å². The van der Waals surface area contributed by atoms with Gasteiger partial charge in [-0.25, -0.2) is 0 Å². The van der Waals surface area contributed by atoms with Gasteiger partial charge in [-0.3, -0.25) is 4.79 Å². The highest BCUT2D eigenvalue weighted by Gasteiger charge is 2.87. The van der Waals surface area contributed by atoms with Gasteiger partial charge >= 0.3 is 5.97 Å². The molecule has 10 heteroatoms. The minimum absolute atomic E-state index is 0.0310. The van der Waals surface area contributed by atoms with Gasteiger partial charge in [0, 0.05) is 24.7 Å². The van der Waals surface area contributed by atoms with E-state index >= 15 is 0 Å². The summed E-state index contributed by atoms with van der Waals surface area (Å²) in [4.78, 5) is 12.9. The topological polar surface area (TPSA) is 144 Å². The van der Waals surface area contributed by atoms with Crippen LogP contribution in [0.4, 0.5) is 0 Å². The summed E-state index contributed by atoms with van der Waals surface area (Å²) in [5, 5.41) is 42.3. The van der Waals surface area contributed by atoms with E-state index in [4.69, 9.17) is 23.7 Å². The number of carbonyl (C=O) groups excluding carboxylic acids is 1. The second-order valence-electron chi connectivity index (χ2n) is 18.9. The van der Waals surface area contributed by atoms with E-state index in [0.29, 0.717) is 18.3 Å². The van der Waals surface area contributed by atoms with E-state index in [0.717, 1.165) is 51.4 Å². The Morgan fingerprint density at radius 3 is 2.23 bits per heavy atom. The van der Waals surface area contributed by atoms with Crippen LogP contribution in [0.25, 0.3) is 0 Å². The molecule has 8 fully saturated rings. The van der Waals surface area contributed by atoms with Gasteiger partial charge in [0.05, 0.1) is 18.3 Å². The van der Waals surface area contributed by atoms with Crippen molar-refractivity contribution in [2.24, 2.45) is 44.8 Å². The first-order valence-corrected chi connectivity index (χ1v) is 18.3. The monoisotopic (exact) mass is 662 g/mol. The molecule has 5 saturated carbocycles. The molecule has 47 heavy (non-hydrogen) atoms. The Kier molecular flexibility index (Phi) is 6.89. The third-order valence-electron chi connectivity index (χ3n) is 16.4. The minimum Gasteiger partial charge on any atom is -0.459 e. The largest absolute Gasteiger partial charge is 0.459 e. The smallest absolute Gasteiger partial charge is 0.303 e. The molecule has 3 saturated heterocycles. The first kappa shape index (κ1) is 33.3. The third-order valence-corrected chi connectivity index (χ3v) is 16.4. The fourth-order valence-electron chi connectivity index (χ4n) is 14.2. The second-order valence-corrected chi connectivity index (χ2v) is 18.9. The molecule has 0 radical (unpaired) electrons. The number of fused-ring (bicyclic) bond motifs is 7. The van der Waals surface area contributed by atoms with Crippen LogP contribution in [0.5, 0.6) is 0 Å². The van der Waals surface area contributed by atoms with Crippen molar-refractivity contribution < 1.29 is 48.9 Å². The van der Waals surface area contributed by atoms with Crippen molar-refractivity contribution in [2.75, 3.05) is 6.61 Å². The molecule has 8 rings (SSSR count). The fraction of sp³-hybridized carbons (Fsp3) is 0.973. The van der Waals surface area contributed by atoms with Crippen LogP contribution < -0.4 is 0 Å². The Labute approximate surface area is 279 Å². The fourth-order valence-corrected chi connectivity index (χ4v) is 14.2. The second kappa shape index (κ2) is 9.72. The van der Waals surface area contributed by atoms with Crippen LogP contribution in [0.3, 0.4) is 0 Å². The Bertz CT molecular complexity index is 1330. The van der Waals surface area contributed by atoms with Gasteiger partial charge in [-0.15, -0.1) is 0 Å². The van der Waals surface area contributed by atoms with Gasteiger partial charge in [-0.2, -0.15) is 0 Å². The van der Waals surface area contributed by atoms with Crippen LogP contribution in [0.2, 0.25) is 0 Å². The highest BCUT2D eigenvalue weighted by atomic mass is 16.7. The first-order valence-electron chi connectivity index (χ1n) is 18.3. The molecule has 3 aliphatic heterocycles. The number of hydrogen-bond donors (Lipinski definition) is 4. The lowest BCUT2D eigenvalue weighted by atomic mass is 9.41. The summed E-state index contributed by atoms with van der Waals surface area (Å²) in [5.41, 5.74) is -2.14. The Morgan fingerprint density at radius 2 is 1.55 bits per heavy atom. The summed E-state index contributed by atoms with van der Waals surface area (Å²) >= 11 is 0. The minimum atomic E-state index is -1.30. The Balaban J connectivity index is 1.13. The highest BCUT2D eigenvalue weighted by molar-refractivity contribution is 5.66. The van der Waals surface area contributed by atoms with Gasteiger partial charge in [0.25, 0.3) is 0 Å². The maximum atomic E-state index is 12.9. The van der Waals surface area contributed by atoms with E-state index in [2.05, 4.69) is 34.6 Å². The van der Waals surface area contributed by atoms with Crippen molar-refractivity contribution in [3.05, 3.63) is 0 Å². The molecule has 0 amide bonds. The van der Waals surface area contributed by atoms with Crippen LogP contribution in [0.15, 0.2) is 0 Å². The number of ether oxygens (including phenoxy) is 5. The van der Waals surface area contributed by atoms with Gasteiger partial charge in [-0.05, 0) is 106 Å². The predicted octanol–water partition coefficient (Wildman–Crippen LogP) is 3.84. The number of aliphatic hydroxyl groups excluding tert-OH is 3. The normalized spacial score (nSPS) is 58.8. The SMILES string of the molecule is CC(=O)O[C@H]1[C@@H]2O[C@@]3(C(C)(C)O)CC[C@](C)(O3)[C@@H]2[C@@]2(C)CC[C@@]34C[C@@]35CC[C@H](O[C@@H]3OC[C@@H](O)[C@H](O)[C@H]3O)C(C)(C)[C@@H]5CC[C@@H]4[C@]12C. The number of rotatable bonds is 4. The van der Waals surface area contributed by atoms with Gasteiger partial charge in [0.15, 0.2) is 12.1 Å². The van der Waals surface area contributed by atoms with E-state index in [1.807, 2.05) is 0 Å². The lowest BCUT2D eigenvalue weighted by Crippen LogP contribution is -2.63. The molecule has 8 aliphatic rings. The molecule has 0 aromatic carbocycles. The van der Waals surface area contributed by atoms with Gasteiger partial charge in [0.1, 0.15) is 36.1 Å². The first-order chi connectivity index (χ1) is 21.7. The van der Waals surface area contributed by atoms with Crippen molar-refractivity contribution in [1.29, 1.82) is 0 Å². The van der Waals surface area contributed by atoms with E-state index in [1.54, 1.807) is 13.8 Å². The van der Waals surface area contributed by atoms with E-state index in [9.17, 15) is 25.2 Å². The standard InChI is InChI=1S/C37H58O10/c1-19(38)44-28-26-27(33(7)14-16-37(46-26,47-33)31(4,5)42)32(6)13-15-36-18-35(36)12-11-23(45-29-25(41)24(40)20(39)17-43-29)30(2,3)21(35)9-10-22(36)34(28,32)8/h20-29,39-42H,9-18H2,1-8H3/t20-,21+,22-,23+,24+,25-,26-,27+,28+,29+,32-,33+,34-,35-,36+,37+/m1/s1. The third kappa shape index (κ3) is 3.88. The molecule has 4 N–H and O–H groups in total. The van der Waals surface area contributed by atoms with Crippen molar-refractivity contribution in [1.82, 2.24) is 0 Å².